The average molecular weight is 232 g/mol. The minimum Gasteiger partial charge on any atom is -0.265 e. The number of hydrogen-bond acceptors (Lipinski definition) is 1. The normalized spacial score (nSPS) is 8.81. The maximum absolute atomic E-state index is 5.62. The summed E-state index contributed by atoms with van der Waals surface area (Å²) in [7, 11) is 0. The Balaban J connectivity index is 0.000000181. The average Bonchev–Trinajstić information content (AvgIpc) is 2.32. The lowest BCUT2D eigenvalue weighted by Gasteiger charge is -1.95. The zero-order valence-electron chi connectivity index (χ0n) is 9.01. The number of halogens is 1. The summed E-state index contributed by atoms with van der Waals surface area (Å²) in [5.41, 5.74) is 1.21. The van der Waals surface area contributed by atoms with Gasteiger partial charge in [0.15, 0.2) is 0 Å². The minimum atomic E-state index is 0.686. The molecule has 0 unspecified atom stereocenters. The van der Waals surface area contributed by atoms with E-state index in [0.29, 0.717) is 5.03 Å². The standard InChI is InChI=1S/C9H9Cl.C5H5N/c1-8(10)7-9-5-3-2-4-6-9;1-2-4-6-5-3-1/h2-6H,1,7H2;1-5H. The number of allylic oxidation sites excluding steroid dienone is 1. The molecule has 0 saturated heterocycles. The second-order valence-electron chi connectivity index (χ2n) is 3.20. The lowest BCUT2D eigenvalue weighted by atomic mass is 10.2. The van der Waals surface area contributed by atoms with Crippen molar-refractivity contribution >= 4 is 11.6 Å². The number of benzene rings is 1. The van der Waals surface area contributed by atoms with Gasteiger partial charge in [0.1, 0.15) is 0 Å². The maximum Gasteiger partial charge on any atom is 0.0267 e. The third-order valence-electron chi connectivity index (χ3n) is 1.81. The van der Waals surface area contributed by atoms with Gasteiger partial charge in [-0.1, -0.05) is 54.6 Å². The first-order valence-corrected chi connectivity index (χ1v) is 5.39. The number of aromatic nitrogens is 1. The first-order chi connectivity index (χ1) is 7.79. The van der Waals surface area contributed by atoms with Crippen LogP contribution in [-0.2, 0) is 6.42 Å². The fourth-order valence-corrected chi connectivity index (χ4v) is 1.28. The topological polar surface area (TPSA) is 12.9 Å². The Bertz CT molecular complexity index is 371. The molecule has 0 amide bonds. The van der Waals surface area contributed by atoms with Crippen molar-refractivity contribution in [1.29, 1.82) is 0 Å². The Labute approximate surface area is 101 Å². The molecule has 0 aliphatic rings. The molecule has 2 aromatic rings. The molecule has 1 heterocycles. The SMILES string of the molecule is C=C(Cl)Cc1ccccc1.c1ccncc1. The van der Waals surface area contributed by atoms with Crippen molar-refractivity contribution in [3.8, 4) is 0 Å². The van der Waals surface area contributed by atoms with Crippen LogP contribution >= 0.6 is 11.6 Å². The molecule has 0 aliphatic heterocycles. The van der Waals surface area contributed by atoms with Gasteiger partial charge in [0.05, 0.1) is 0 Å². The molecule has 0 N–H and O–H groups in total. The van der Waals surface area contributed by atoms with Gasteiger partial charge in [0.25, 0.3) is 0 Å². The van der Waals surface area contributed by atoms with Gasteiger partial charge in [0, 0.05) is 23.8 Å². The molecule has 2 rings (SSSR count). The summed E-state index contributed by atoms with van der Waals surface area (Å²) in [6, 6.07) is 15.8. The van der Waals surface area contributed by atoms with E-state index in [1.807, 2.05) is 48.5 Å². The molecule has 0 fully saturated rings. The molecule has 16 heavy (non-hydrogen) atoms. The van der Waals surface area contributed by atoms with E-state index in [1.54, 1.807) is 12.4 Å². The summed E-state index contributed by atoms with van der Waals surface area (Å²) in [5, 5.41) is 0.686. The van der Waals surface area contributed by atoms with E-state index in [9.17, 15) is 0 Å². The third-order valence-corrected chi connectivity index (χ3v) is 1.94. The maximum atomic E-state index is 5.62. The zero-order valence-corrected chi connectivity index (χ0v) is 9.77. The highest BCUT2D eigenvalue weighted by molar-refractivity contribution is 6.29. The van der Waals surface area contributed by atoms with Crippen LogP contribution in [0.1, 0.15) is 5.56 Å². The molecule has 2 heteroatoms. The van der Waals surface area contributed by atoms with E-state index < -0.39 is 0 Å². The van der Waals surface area contributed by atoms with E-state index in [-0.39, 0.29) is 0 Å². The highest BCUT2D eigenvalue weighted by atomic mass is 35.5. The molecule has 1 aromatic heterocycles. The molecule has 0 bridgehead atoms. The molecule has 0 aliphatic carbocycles. The minimum absolute atomic E-state index is 0.686. The summed E-state index contributed by atoms with van der Waals surface area (Å²) in [4.78, 5) is 3.78. The fourth-order valence-electron chi connectivity index (χ4n) is 1.13. The molecule has 0 radical (unpaired) electrons. The number of hydrogen-bond donors (Lipinski definition) is 0. The second-order valence-corrected chi connectivity index (χ2v) is 3.74. The van der Waals surface area contributed by atoms with Gasteiger partial charge in [-0.25, -0.2) is 0 Å². The van der Waals surface area contributed by atoms with Gasteiger partial charge in [-0.3, -0.25) is 4.98 Å². The van der Waals surface area contributed by atoms with E-state index in [2.05, 4.69) is 11.6 Å². The Kier molecular flexibility index (Phi) is 5.97. The predicted octanol–water partition coefficient (Wildman–Crippen LogP) is 4.06. The van der Waals surface area contributed by atoms with Crippen LogP contribution in [-0.4, -0.2) is 4.98 Å². The second kappa shape index (κ2) is 7.66. The van der Waals surface area contributed by atoms with Crippen LogP contribution < -0.4 is 0 Å². The molecule has 0 atom stereocenters. The van der Waals surface area contributed by atoms with Crippen molar-refractivity contribution in [2.45, 2.75) is 6.42 Å². The zero-order chi connectivity index (χ0) is 11.6. The van der Waals surface area contributed by atoms with Gasteiger partial charge in [0.2, 0.25) is 0 Å². The number of rotatable bonds is 2. The first kappa shape index (κ1) is 12.5. The van der Waals surface area contributed by atoms with Crippen LogP contribution in [0.4, 0.5) is 0 Å². The quantitative estimate of drug-likeness (QED) is 0.760. The van der Waals surface area contributed by atoms with Crippen molar-refractivity contribution in [2.24, 2.45) is 0 Å². The summed E-state index contributed by atoms with van der Waals surface area (Å²) < 4.78 is 0. The molecular weight excluding hydrogens is 218 g/mol. The van der Waals surface area contributed by atoms with Crippen LogP contribution in [0.15, 0.2) is 72.5 Å². The molecule has 1 aromatic carbocycles. The first-order valence-electron chi connectivity index (χ1n) is 5.01. The van der Waals surface area contributed by atoms with Crippen molar-refractivity contribution < 1.29 is 0 Å². The summed E-state index contributed by atoms with van der Waals surface area (Å²) in [6.45, 7) is 3.62. The third kappa shape index (κ3) is 5.99. The van der Waals surface area contributed by atoms with Gasteiger partial charge < -0.3 is 0 Å². The summed E-state index contributed by atoms with van der Waals surface area (Å²) >= 11 is 5.62. The van der Waals surface area contributed by atoms with Crippen molar-refractivity contribution in [1.82, 2.24) is 4.98 Å². The van der Waals surface area contributed by atoms with Crippen LogP contribution in [0.3, 0.4) is 0 Å². The van der Waals surface area contributed by atoms with Crippen molar-refractivity contribution in [3.63, 3.8) is 0 Å². The van der Waals surface area contributed by atoms with Gasteiger partial charge in [-0.05, 0) is 17.7 Å². The molecule has 82 valence electrons. The smallest absolute Gasteiger partial charge is 0.0267 e. The van der Waals surface area contributed by atoms with E-state index in [4.69, 9.17) is 11.6 Å². The molecule has 0 saturated carbocycles. The van der Waals surface area contributed by atoms with E-state index in [1.165, 1.54) is 5.56 Å². The van der Waals surface area contributed by atoms with Crippen LogP contribution in [0.5, 0.6) is 0 Å². The highest BCUT2D eigenvalue weighted by Gasteiger charge is 1.90. The van der Waals surface area contributed by atoms with E-state index >= 15 is 0 Å². The van der Waals surface area contributed by atoms with Crippen LogP contribution in [0.2, 0.25) is 0 Å². The monoisotopic (exact) mass is 231 g/mol. The Morgan fingerprint density at radius 3 is 1.94 bits per heavy atom. The predicted molar refractivity (Wildman–Crippen MR) is 69.4 cm³/mol. The van der Waals surface area contributed by atoms with Crippen molar-refractivity contribution in [3.05, 3.63) is 78.1 Å². The molecule has 1 nitrogen and oxygen atoms in total. The fraction of sp³-hybridized carbons (Fsp3) is 0.0714. The van der Waals surface area contributed by atoms with Gasteiger partial charge in [-0.15, -0.1) is 0 Å². The van der Waals surface area contributed by atoms with Crippen LogP contribution in [0.25, 0.3) is 0 Å². The van der Waals surface area contributed by atoms with Crippen molar-refractivity contribution in [2.75, 3.05) is 0 Å². The summed E-state index contributed by atoms with van der Waals surface area (Å²) in [6.07, 6.45) is 4.27. The molecule has 0 spiro atoms. The number of nitrogens with zero attached hydrogens (tertiary/aromatic N) is 1. The molecular formula is C14H14ClN. The lowest BCUT2D eigenvalue weighted by molar-refractivity contribution is 1.25. The van der Waals surface area contributed by atoms with Gasteiger partial charge in [-0.2, -0.15) is 0 Å². The van der Waals surface area contributed by atoms with E-state index in [0.717, 1.165) is 6.42 Å². The Hall–Kier alpha value is -1.60. The largest absolute Gasteiger partial charge is 0.265 e. The Morgan fingerprint density at radius 2 is 1.56 bits per heavy atom. The lowest BCUT2D eigenvalue weighted by Crippen LogP contribution is -1.80. The Morgan fingerprint density at radius 1 is 1.00 bits per heavy atom. The summed E-state index contributed by atoms with van der Waals surface area (Å²) in [5.74, 6) is 0. The number of pyridine rings is 1. The van der Waals surface area contributed by atoms with Gasteiger partial charge >= 0.3 is 0 Å². The van der Waals surface area contributed by atoms with Crippen LogP contribution in [0, 0.1) is 0 Å². The highest BCUT2D eigenvalue weighted by Crippen LogP contribution is 2.08.